The maximum atomic E-state index is 13.6. The number of carbonyl (C=O) groups excluding carboxylic acids is 3. The van der Waals surface area contributed by atoms with Crippen LogP contribution in [0.3, 0.4) is 0 Å². The van der Waals surface area contributed by atoms with Crippen LogP contribution in [0.2, 0.25) is 0 Å². The van der Waals surface area contributed by atoms with Crippen molar-refractivity contribution in [1.82, 2.24) is 5.32 Å². The van der Waals surface area contributed by atoms with Crippen molar-refractivity contribution < 1.29 is 38.9 Å². The molecule has 0 aliphatic heterocycles. The molecule has 3 N–H and O–H groups in total. The molecule has 1 rings (SSSR count). The molecule has 0 aromatic heterocycles. The van der Waals surface area contributed by atoms with Crippen LogP contribution in [0.1, 0.15) is 117 Å². The van der Waals surface area contributed by atoms with E-state index in [-0.39, 0.29) is 25.4 Å². The zero-order valence-electron chi connectivity index (χ0n) is 29.1. The number of carbonyl (C=O) groups is 4. The third-order valence-corrected chi connectivity index (χ3v) is 8.00. The number of amides is 1. The number of rotatable bonds is 25. The SMILES string of the molecule is CC#CCOc1ccc(C[C@H](NC(=O)C(/C=C/CCCCCCC(=O)CCCCCCC)[C@@](O)(CC(C)C)C(=O)O)C(=O)OC)cc1. The lowest BCUT2D eigenvalue weighted by atomic mass is 9.79. The van der Waals surface area contributed by atoms with Crippen molar-refractivity contribution in [3.05, 3.63) is 42.0 Å². The summed E-state index contributed by atoms with van der Waals surface area (Å²) in [7, 11) is 1.21. The molecular formula is C38H57NO8. The average Bonchev–Trinajstić information content (AvgIpc) is 3.03. The highest BCUT2D eigenvalue weighted by Crippen LogP contribution is 2.29. The summed E-state index contributed by atoms with van der Waals surface area (Å²) in [5, 5.41) is 24.1. The highest BCUT2D eigenvalue weighted by Gasteiger charge is 2.47. The van der Waals surface area contributed by atoms with E-state index >= 15 is 0 Å². The summed E-state index contributed by atoms with van der Waals surface area (Å²) in [6, 6.07) is 5.86. The number of nitrogens with one attached hydrogen (secondary N) is 1. The molecule has 1 unspecified atom stereocenters. The number of allylic oxidation sites excluding steroid dienone is 1. The van der Waals surface area contributed by atoms with E-state index in [1.165, 1.54) is 32.4 Å². The number of aliphatic hydroxyl groups is 1. The number of benzene rings is 1. The van der Waals surface area contributed by atoms with Crippen LogP contribution >= 0.6 is 0 Å². The Labute approximate surface area is 281 Å². The second-order valence-corrected chi connectivity index (χ2v) is 12.5. The Morgan fingerprint density at radius 3 is 2.13 bits per heavy atom. The van der Waals surface area contributed by atoms with Crippen LogP contribution in [-0.4, -0.2) is 59.2 Å². The molecule has 0 heterocycles. The van der Waals surface area contributed by atoms with E-state index in [0.29, 0.717) is 36.4 Å². The monoisotopic (exact) mass is 655 g/mol. The van der Waals surface area contributed by atoms with Crippen molar-refractivity contribution in [2.45, 2.75) is 129 Å². The first-order valence-corrected chi connectivity index (χ1v) is 17.1. The number of Topliss-reactive ketones (excluding diaryl/α,β-unsaturated/α-hetero) is 1. The third kappa shape index (κ3) is 16.7. The summed E-state index contributed by atoms with van der Waals surface area (Å²) < 4.78 is 10.5. The molecule has 262 valence electrons. The molecule has 0 saturated carbocycles. The van der Waals surface area contributed by atoms with Gasteiger partial charge in [-0.3, -0.25) is 9.59 Å². The fraction of sp³-hybridized carbons (Fsp3) is 0.632. The Kier molecular flexibility index (Phi) is 20.8. The normalized spacial score (nSPS) is 13.7. The lowest BCUT2D eigenvalue weighted by Crippen LogP contribution is -2.55. The number of carboxylic acid groups (broad SMARTS) is 1. The number of carboxylic acids is 1. The number of methoxy groups -OCH3 is 1. The summed E-state index contributed by atoms with van der Waals surface area (Å²) in [4.78, 5) is 50.8. The van der Waals surface area contributed by atoms with Crippen LogP contribution in [-0.2, 0) is 30.3 Å². The van der Waals surface area contributed by atoms with Crippen LogP contribution in [0.4, 0.5) is 0 Å². The molecule has 47 heavy (non-hydrogen) atoms. The molecule has 9 nitrogen and oxygen atoms in total. The molecule has 0 aliphatic carbocycles. The molecule has 1 aromatic carbocycles. The van der Waals surface area contributed by atoms with Gasteiger partial charge in [0.2, 0.25) is 5.91 Å². The van der Waals surface area contributed by atoms with Gasteiger partial charge in [-0.1, -0.05) is 89.5 Å². The summed E-state index contributed by atoms with van der Waals surface area (Å²) in [5.41, 5.74) is -1.67. The maximum Gasteiger partial charge on any atom is 0.336 e. The minimum atomic E-state index is -2.38. The summed E-state index contributed by atoms with van der Waals surface area (Å²) >= 11 is 0. The molecule has 0 spiro atoms. The first-order valence-electron chi connectivity index (χ1n) is 17.1. The summed E-state index contributed by atoms with van der Waals surface area (Å²) in [6.07, 6.45) is 14.0. The van der Waals surface area contributed by atoms with Crippen LogP contribution in [0.25, 0.3) is 0 Å². The quantitative estimate of drug-likeness (QED) is 0.0464. The lowest BCUT2D eigenvalue weighted by Gasteiger charge is -2.32. The van der Waals surface area contributed by atoms with E-state index in [0.717, 1.165) is 38.5 Å². The molecular weight excluding hydrogens is 598 g/mol. The van der Waals surface area contributed by atoms with Crippen molar-refractivity contribution in [3.63, 3.8) is 0 Å². The molecule has 0 radical (unpaired) electrons. The number of ether oxygens (including phenoxy) is 2. The largest absolute Gasteiger partial charge is 0.481 e. The van der Waals surface area contributed by atoms with Crippen molar-refractivity contribution in [2.75, 3.05) is 13.7 Å². The average molecular weight is 656 g/mol. The fourth-order valence-electron chi connectivity index (χ4n) is 5.40. The Hall–Kier alpha value is -3.64. The molecule has 9 heteroatoms. The molecule has 0 aliphatic rings. The third-order valence-electron chi connectivity index (χ3n) is 8.00. The van der Waals surface area contributed by atoms with Gasteiger partial charge in [0.15, 0.2) is 5.60 Å². The van der Waals surface area contributed by atoms with Gasteiger partial charge in [0.05, 0.1) is 13.0 Å². The van der Waals surface area contributed by atoms with Crippen molar-refractivity contribution in [3.8, 4) is 17.6 Å². The number of esters is 1. The van der Waals surface area contributed by atoms with Gasteiger partial charge >= 0.3 is 11.9 Å². The molecule has 1 amide bonds. The minimum absolute atomic E-state index is 0.0843. The standard InChI is InChI=1S/C38H57NO8/c1-6-8-10-13-16-19-31(40)20-17-14-11-12-15-18-21-33(38(45,37(43)44)28-29(3)4)35(41)39-34(36(42)46-5)27-30-22-24-32(25-23-30)47-26-9-7-2/h18,21-25,29,33-34,45H,6,8,10-17,19-20,26-28H2,1-5H3,(H,39,41)(H,43,44)/b21-18+/t33?,34-,38-/m0/s1. The van der Waals surface area contributed by atoms with Crippen LogP contribution in [0.5, 0.6) is 5.75 Å². The molecule has 0 saturated heterocycles. The Morgan fingerprint density at radius 1 is 0.957 bits per heavy atom. The van der Waals surface area contributed by atoms with Gasteiger partial charge in [-0.2, -0.15) is 0 Å². The van der Waals surface area contributed by atoms with Gasteiger partial charge in [-0.25, -0.2) is 9.59 Å². The van der Waals surface area contributed by atoms with Gasteiger partial charge < -0.3 is 25.0 Å². The first-order chi connectivity index (χ1) is 22.5. The second-order valence-electron chi connectivity index (χ2n) is 12.5. The van der Waals surface area contributed by atoms with Crippen molar-refractivity contribution in [2.24, 2.45) is 11.8 Å². The molecule has 0 bridgehead atoms. The van der Waals surface area contributed by atoms with Crippen molar-refractivity contribution in [1.29, 1.82) is 0 Å². The van der Waals surface area contributed by atoms with E-state index in [4.69, 9.17) is 9.47 Å². The van der Waals surface area contributed by atoms with E-state index in [1.807, 2.05) is 0 Å². The van der Waals surface area contributed by atoms with E-state index in [9.17, 15) is 29.4 Å². The Balaban J connectivity index is 2.88. The number of hydrogen-bond acceptors (Lipinski definition) is 7. The predicted octanol–water partition coefficient (Wildman–Crippen LogP) is 6.59. The zero-order valence-corrected chi connectivity index (χ0v) is 29.1. The first kappa shape index (κ1) is 41.4. The van der Waals surface area contributed by atoms with E-state index in [2.05, 4.69) is 24.1 Å². The lowest BCUT2D eigenvalue weighted by molar-refractivity contribution is -0.168. The molecule has 1 aromatic rings. The van der Waals surface area contributed by atoms with E-state index in [1.54, 1.807) is 51.1 Å². The predicted molar refractivity (Wildman–Crippen MR) is 184 cm³/mol. The molecule has 0 fully saturated rings. The minimum Gasteiger partial charge on any atom is -0.481 e. The van der Waals surface area contributed by atoms with Crippen LogP contribution < -0.4 is 10.1 Å². The highest BCUT2D eigenvalue weighted by atomic mass is 16.5. The number of ketones is 1. The summed E-state index contributed by atoms with van der Waals surface area (Å²) in [5.74, 6) is 1.83. The highest BCUT2D eigenvalue weighted by molar-refractivity contribution is 5.92. The molecule has 3 atom stereocenters. The van der Waals surface area contributed by atoms with Crippen LogP contribution in [0.15, 0.2) is 36.4 Å². The van der Waals surface area contributed by atoms with Gasteiger partial charge in [-0.15, -0.1) is 5.92 Å². The topological polar surface area (TPSA) is 139 Å². The fourth-order valence-corrected chi connectivity index (χ4v) is 5.40. The van der Waals surface area contributed by atoms with Gasteiger partial charge in [-0.05, 0) is 62.6 Å². The van der Waals surface area contributed by atoms with Gasteiger partial charge in [0.25, 0.3) is 0 Å². The smallest absolute Gasteiger partial charge is 0.336 e. The number of unbranched alkanes of at least 4 members (excludes halogenated alkanes) is 8. The number of aliphatic carboxylic acids is 1. The van der Waals surface area contributed by atoms with Crippen LogP contribution in [0, 0.1) is 23.7 Å². The van der Waals surface area contributed by atoms with Gasteiger partial charge in [0.1, 0.15) is 24.2 Å². The summed E-state index contributed by atoms with van der Waals surface area (Å²) in [6.45, 7) is 7.67. The Morgan fingerprint density at radius 2 is 1.57 bits per heavy atom. The maximum absolute atomic E-state index is 13.6. The second kappa shape index (κ2) is 23.6. The number of hydrogen-bond donors (Lipinski definition) is 3. The van der Waals surface area contributed by atoms with Crippen molar-refractivity contribution >= 4 is 23.6 Å². The Bertz CT molecular complexity index is 1180. The van der Waals surface area contributed by atoms with Gasteiger partial charge in [0, 0.05) is 19.3 Å². The van der Waals surface area contributed by atoms with E-state index < -0.39 is 35.4 Å². The zero-order chi connectivity index (χ0) is 35.1.